The van der Waals surface area contributed by atoms with Crippen LogP contribution in [0.5, 0.6) is 5.75 Å². The number of anilines is 1. The first-order valence-corrected chi connectivity index (χ1v) is 12.2. The Balaban J connectivity index is 2.04. The van der Waals surface area contributed by atoms with Gasteiger partial charge < -0.3 is 24.5 Å². The summed E-state index contributed by atoms with van der Waals surface area (Å²) in [5.41, 5.74) is 2.37. The van der Waals surface area contributed by atoms with Gasteiger partial charge in [-0.05, 0) is 63.3 Å². The molecule has 0 aromatic heterocycles. The quantitative estimate of drug-likeness (QED) is 0.224. The predicted molar refractivity (Wildman–Crippen MR) is 140 cm³/mol. The highest BCUT2D eigenvalue weighted by Gasteiger charge is 2.45. The van der Waals surface area contributed by atoms with Crippen molar-refractivity contribution in [3.63, 3.8) is 0 Å². The second-order valence-electron chi connectivity index (χ2n) is 9.37. The van der Waals surface area contributed by atoms with Crippen molar-refractivity contribution >= 4 is 23.1 Å². The Kier molecular flexibility index (Phi) is 8.93. The van der Waals surface area contributed by atoms with E-state index < -0.39 is 17.7 Å². The van der Waals surface area contributed by atoms with Crippen LogP contribution in [0, 0.1) is 0 Å². The molecule has 1 unspecified atom stereocenters. The second-order valence-corrected chi connectivity index (χ2v) is 9.37. The molecule has 0 saturated carbocycles. The zero-order valence-electron chi connectivity index (χ0n) is 21.5. The molecule has 0 aliphatic carbocycles. The molecule has 1 aliphatic rings. The van der Waals surface area contributed by atoms with Crippen molar-refractivity contribution in [2.24, 2.45) is 0 Å². The van der Waals surface area contributed by atoms with Crippen LogP contribution in [0.4, 0.5) is 5.69 Å². The molecule has 1 heterocycles. The number of amides is 1. The zero-order valence-corrected chi connectivity index (χ0v) is 21.5. The number of aliphatic hydroxyl groups is 1. The van der Waals surface area contributed by atoms with Gasteiger partial charge >= 0.3 is 0 Å². The lowest BCUT2D eigenvalue weighted by Gasteiger charge is -2.26. The summed E-state index contributed by atoms with van der Waals surface area (Å²) >= 11 is 0. The summed E-state index contributed by atoms with van der Waals surface area (Å²) < 4.78 is 5.79. The second kappa shape index (κ2) is 11.9. The highest BCUT2D eigenvalue weighted by Crippen LogP contribution is 2.40. The number of carbonyl (C=O) groups excluding carboxylic acids is 2. The van der Waals surface area contributed by atoms with Gasteiger partial charge in [-0.2, -0.15) is 0 Å². The number of rotatable bonds is 11. The first-order chi connectivity index (χ1) is 16.7. The van der Waals surface area contributed by atoms with Gasteiger partial charge in [-0.1, -0.05) is 37.6 Å². The third-order valence-corrected chi connectivity index (χ3v) is 6.14. The van der Waals surface area contributed by atoms with E-state index in [1.165, 1.54) is 0 Å². The summed E-state index contributed by atoms with van der Waals surface area (Å²) in [7, 11) is 7.86. The number of Topliss-reactive ketones (excluding diaryl/α,β-unsaturated/α-hetero) is 1. The lowest BCUT2D eigenvalue weighted by Crippen LogP contribution is -2.32. The number of carbonyl (C=O) groups is 2. The molecule has 0 radical (unpaired) electrons. The Morgan fingerprint density at radius 1 is 1.03 bits per heavy atom. The third-order valence-electron chi connectivity index (χ3n) is 6.14. The lowest BCUT2D eigenvalue weighted by molar-refractivity contribution is -0.139. The van der Waals surface area contributed by atoms with Gasteiger partial charge in [-0.15, -0.1) is 0 Å². The normalized spacial score (nSPS) is 17.3. The molecule has 1 amide bonds. The van der Waals surface area contributed by atoms with Crippen LogP contribution in [-0.4, -0.2) is 74.5 Å². The average Bonchev–Trinajstić information content (AvgIpc) is 3.09. The van der Waals surface area contributed by atoms with Crippen LogP contribution in [0.2, 0.25) is 0 Å². The number of aliphatic hydroxyl groups excluding tert-OH is 1. The Morgan fingerprint density at radius 3 is 2.37 bits per heavy atom. The Bertz CT molecular complexity index is 1060. The first-order valence-electron chi connectivity index (χ1n) is 12.2. The van der Waals surface area contributed by atoms with Crippen LogP contribution in [0.1, 0.15) is 43.4 Å². The van der Waals surface area contributed by atoms with E-state index in [2.05, 4.69) is 6.92 Å². The van der Waals surface area contributed by atoms with Crippen LogP contribution in [-0.2, 0) is 9.59 Å². The zero-order chi connectivity index (χ0) is 25.5. The van der Waals surface area contributed by atoms with E-state index in [4.69, 9.17) is 4.74 Å². The summed E-state index contributed by atoms with van der Waals surface area (Å²) in [4.78, 5) is 32.0. The minimum Gasteiger partial charge on any atom is -0.507 e. The highest BCUT2D eigenvalue weighted by molar-refractivity contribution is 6.46. The molecule has 0 spiro atoms. The number of nitrogens with zero attached hydrogens (tertiary/aromatic N) is 3. The average molecular weight is 480 g/mol. The maximum Gasteiger partial charge on any atom is 0.295 e. The van der Waals surface area contributed by atoms with Crippen molar-refractivity contribution in [3.8, 4) is 5.75 Å². The van der Waals surface area contributed by atoms with E-state index in [0.29, 0.717) is 30.9 Å². The molecule has 0 bridgehead atoms. The van der Waals surface area contributed by atoms with Gasteiger partial charge in [0.15, 0.2) is 0 Å². The van der Waals surface area contributed by atoms with Crippen molar-refractivity contribution in [3.05, 3.63) is 65.2 Å². The van der Waals surface area contributed by atoms with Crippen molar-refractivity contribution in [2.75, 3.05) is 52.8 Å². The maximum absolute atomic E-state index is 13.2. The molecule has 1 N–H and O–H groups in total. The van der Waals surface area contributed by atoms with Crippen LogP contribution >= 0.6 is 0 Å². The van der Waals surface area contributed by atoms with Crippen LogP contribution in [0.25, 0.3) is 5.76 Å². The van der Waals surface area contributed by atoms with Gasteiger partial charge in [-0.25, -0.2) is 0 Å². The molecule has 1 aliphatic heterocycles. The van der Waals surface area contributed by atoms with Crippen LogP contribution in [0.3, 0.4) is 0 Å². The highest BCUT2D eigenvalue weighted by atomic mass is 16.5. The summed E-state index contributed by atoms with van der Waals surface area (Å²) in [6.45, 7) is 3.87. The Morgan fingerprint density at radius 2 is 1.74 bits per heavy atom. The number of hydrogen-bond acceptors (Lipinski definition) is 6. The fourth-order valence-corrected chi connectivity index (χ4v) is 4.19. The lowest BCUT2D eigenvalue weighted by atomic mass is 9.95. The summed E-state index contributed by atoms with van der Waals surface area (Å²) in [6, 6.07) is 14.1. The number of benzene rings is 2. The molecule has 7 heteroatoms. The fourth-order valence-electron chi connectivity index (χ4n) is 4.19. The van der Waals surface area contributed by atoms with E-state index in [1.807, 2.05) is 68.3 Å². The monoisotopic (exact) mass is 479 g/mol. The number of unbranched alkanes of at least 4 members (excludes halogenated alkanes) is 1. The van der Waals surface area contributed by atoms with Gasteiger partial charge in [0.1, 0.15) is 11.5 Å². The van der Waals surface area contributed by atoms with Crippen molar-refractivity contribution in [1.29, 1.82) is 0 Å². The van der Waals surface area contributed by atoms with Gasteiger partial charge in [-0.3, -0.25) is 9.59 Å². The summed E-state index contributed by atoms with van der Waals surface area (Å²) in [5, 5.41) is 11.3. The van der Waals surface area contributed by atoms with E-state index >= 15 is 0 Å². The van der Waals surface area contributed by atoms with Crippen LogP contribution in [0.15, 0.2) is 54.1 Å². The third kappa shape index (κ3) is 6.22. The molecule has 1 saturated heterocycles. The molecule has 2 aromatic carbocycles. The van der Waals surface area contributed by atoms with Gasteiger partial charge in [0.2, 0.25) is 0 Å². The standard InChI is InChI=1S/C28H37N3O4/c1-6-7-18-35-23-11-8-10-21(19-23)26(32)24-25(20-12-14-22(15-13-20)30(4)5)31(28(34)27(24)33)17-9-16-29(2)3/h8,10-15,19,25,32H,6-7,9,16-18H2,1-5H3/b26-24+. The number of likely N-dealkylation sites (tertiary alicyclic amines) is 1. The van der Waals surface area contributed by atoms with Crippen molar-refractivity contribution in [1.82, 2.24) is 9.80 Å². The number of ether oxygens (including phenoxy) is 1. The van der Waals surface area contributed by atoms with Crippen LogP contribution < -0.4 is 9.64 Å². The largest absolute Gasteiger partial charge is 0.507 e. The molecule has 188 valence electrons. The summed E-state index contributed by atoms with van der Waals surface area (Å²) in [5.74, 6) is -0.802. The number of hydrogen-bond donors (Lipinski definition) is 1. The van der Waals surface area contributed by atoms with E-state index in [0.717, 1.165) is 30.6 Å². The number of ketones is 1. The van der Waals surface area contributed by atoms with Gasteiger partial charge in [0.25, 0.3) is 11.7 Å². The maximum atomic E-state index is 13.2. The molecule has 7 nitrogen and oxygen atoms in total. The molecule has 1 fully saturated rings. The van der Waals surface area contributed by atoms with E-state index in [1.54, 1.807) is 23.1 Å². The van der Waals surface area contributed by atoms with Gasteiger partial charge in [0.05, 0.1) is 18.2 Å². The molecular weight excluding hydrogens is 442 g/mol. The van der Waals surface area contributed by atoms with Gasteiger partial charge in [0, 0.05) is 31.9 Å². The minimum absolute atomic E-state index is 0.114. The van der Waals surface area contributed by atoms with E-state index in [9.17, 15) is 14.7 Å². The fraction of sp³-hybridized carbons (Fsp3) is 0.429. The predicted octanol–water partition coefficient (Wildman–Crippen LogP) is 4.30. The summed E-state index contributed by atoms with van der Waals surface area (Å²) in [6.07, 6.45) is 2.66. The Hall–Kier alpha value is -3.32. The van der Waals surface area contributed by atoms with Crippen molar-refractivity contribution < 1.29 is 19.4 Å². The molecule has 3 rings (SSSR count). The first kappa shape index (κ1) is 26.3. The molecule has 1 atom stereocenters. The van der Waals surface area contributed by atoms with E-state index in [-0.39, 0.29) is 11.3 Å². The molecule has 35 heavy (non-hydrogen) atoms. The van der Waals surface area contributed by atoms with Crippen molar-refractivity contribution in [2.45, 2.75) is 32.2 Å². The SMILES string of the molecule is CCCCOc1cccc(/C(O)=C2\C(=O)C(=O)N(CCCN(C)C)C2c2ccc(N(C)C)cc2)c1. The Labute approximate surface area is 208 Å². The molecule has 2 aromatic rings. The minimum atomic E-state index is -0.661. The smallest absolute Gasteiger partial charge is 0.295 e. The topological polar surface area (TPSA) is 73.3 Å². The molecular formula is C28H37N3O4.